The fourth-order valence-electron chi connectivity index (χ4n) is 2.84. The summed E-state index contributed by atoms with van der Waals surface area (Å²) in [7, 11) is -4.81. The first-order valence-corrected chi connectivity index (χ1v) is 8.95. The first-order valence-electron chi connectivity index (χ1n) is 7.54. The summed E-state index contributed by atoms with van der Waals surface area (Å²) in [6.45, 7) is 1.96. The van der Waals surface area contributed by atoms with Crippen LogP contribution in [0, 0.1) is 0 Å². The topological polar surface area (TPSA) is 119 Å². The van der Waals surface area contributed by atoms with Crippen molar-refractivity contribution in [1.29, 1.82) is 0 Å². The average molecular weight is 369 g/mol. The molecule has 0 aliphatic carbocycles. The van der Waals surface area contributed by atoms with Crippen LogP contribution in [0.2, 0.25) is 0 Å². The van der Waals surface area contributed by atoms with Gasteiger partial charge in [-0.05, 0) is 36.1 Å². The Hall–Kier alpha value is -1.45. The van der Waals surface area contributed by atoms with Gasteiger partial charge in [0.2, 0.25) is 0 Å². The van der Waals surface area contributed by atoms with Crippen LogP contribution >= 0.6 is 0 Å². The number of H-pyrrole nitrogens is 1. The Morgan fingerprint density at radius 1 is 1.20 bits per heavy atom. The number of rotatable bonds is 5. The maximum absolute atomic E-state index is 11.7. The molecule has 1 heterocycles. The summed E-state index contributed by atoms with van der Waals surface area (Å²) in [5, 5.41) is 20.5. The van der Waals surface area contributed by atoms with Crippen molar-refractivity contribution < 1.29 is 47.6 Å². The monoisotopic (exact) mass is 369 g/mol. The largest absolute Gasteiger partial charge is 1.00 e. The number of benzene rings is 2. The third-order valence-corrected chi connectivity index (χ3v) is 4.87. The summed E-state index contributed by atoms with van der Waals surface area (Å²) in [6, 6.07) is 8.22. The van der Waals surface area contributed by atoms with Crippen LogP contribution in [0.4, 0.5) is 0 Å². The molecule has 2 aromatic carbocycles. The SMILES string of the molecule is CCCCc1c(-c2cccc3[nH]nnc23)ccc(O)c1S(=O)(=O)[O-].[Na+]. The molecule has 1 aromatic heterocycles. The minimum absolute atomic E-state index is 0. The van der Waals surface area contributed by atoms with Crippen molar-refractivity contribution in [3.05, 3.63) is 35.9 Å². The molecule has 0 aliphatic heterocycles. The number of unbranched alkanes of at least 4 members (excludes halogenated alkanes) is 1. The summed E-state index contributed by atoms with van der Waals surface area (Å²) in [5.41, 5.74) is 2.83. The van der Waals surface area contributed by atoms with Gasteiger partial charge in [-0.25, -0.2) is 8.42 Å². The molecule has 0 fully saturated rings. The van der Waals surface area contributed by atoms with Gasteiger partial charge in [0.15, 0.2) is 0 Å². The van der Waals surface area contributed by atoms with Crippen LogP contribution in [0.5, 0.6) is 5.75 Å². The van der Waals surface area contributed by atoms with E-state index < -0.39 is 20.8 Å². The zero-order valence-electron chi connectivity index (χ0n) is 14.0. The van der Waals surface area contributed by atoms with E-state index in [0.717, 1.165) is 6.42 Å². The van der Waals surface area contributed by atoms with Crippen molar-refractivity contribution >= 4 is 21.2 Å². The Morgan fingerprint density at radius 3 is 2.64 bits per heavy atom. The number of nitrogens with zero attached hydrogens (tertiary/aromatic N) is 2. The summed E-state index contributed by atoms with van der Waals surface area (Å²) in [6.07, 6.45) is 1.88. The summed E-state index contributed by atoms with van der Waals surface area (Å²) >= 11 is 0. The Morgan fingerprint density at radius 2 is 1.96 bits per heavy atom. The molecule has 3 rings (SSSR count). The molecule has 0 amide bonds. The molecule has 0 saturated heterocycles. The van der Waals surface area contributed by atoms with E-state index in [-0.39, 0.29) is 29.6 Å². The van der Waals surface area contributed by atoms with Crippen LogP contribution in [-0.4, -0.2) is 33.5 Å². The Labute approximate surface area is 167 Å². The van der Waals surface area contributed by atoms with E-state index in [1.54, 1.807) is 24.3 Å². The maximum Gasteiger partial charge on any atom is 1.00 e. The zero-order valence-corrected chi connectivity index (χ0v) is 16.8. The minimum Gasteiger partial charge on any atom is -0.744 e. The van der Waals surface area contributed by atoms with Crippen molar-refractivity contribution in [3.63, 3.8) is 0 Å². The van der Waals surface area contributed by atoms with E-state index in [1.165, 1.54) is 6.07 Å². The van der Waals surface area contributed by atoms with Gasteiger partial charge < -0.3 is 9.66 Å². The standard InChI is InChI=1S/C16H17N3O4S.Na/c1-2-3-5-12-10(8-9-14(20)16(12)24(21,22)23)11-6-4-7-13-15(11)18-19-17-13;/h4,6-9,20H,2-3,5H2,1H3,(H,17,18,19)(H,21,22,23);/q;+1/p-1. The Balaban J connectivity index is 0.00000225. The van der Waals surface area contributed by atoms with Crippen LogP contribution in [0.1, 0.15) is 25.3 Å². The second-order valence-electron chi connectivity index (χ2n) is 5.51. The van der Waals surface area contributed by atoms with Crippen molar-refractivity contribution in [3.8, 4) is 16.9 Å². The van der Waals surface area contributed by atoms with E-state index in [4.69, 9.17) is 0 Å². The van der Waals surface area contributed by atoms with Crippen molar-refractivity contribution in [2.24, 2.45) is 0 Å². The van der Waals surface area contributed by atoms with E-state index >= 15 is 0 Å². The maximum atomic E-state index is 11.7. The number of nitrogens with one attached hydrogen (secondary N) is 1. The molecule has 7 nitrogen and oxygen atoms in total. The quantitative estimate of drug-likeness (QED) is 0.466. The molecule has 2 N–H and O–H groups in total. The van der Waals surface area contributed by atoms with Gasteiger partial charge in [-0.2, -0.15) is 0 Å². The van der Waals surface area contributed by atoms with E-state index in [9.17, 15) is 18.1 Å². The van der Waals surface area contributed by atoms with Gasteiger partial charge in [0.1, 0.15) is 21.4 Å². The fourth-order valence-corrected chi connectivity index (χ4v) is 3.67. The average Bonchev–Trinajstić information content (AvgIpc) is 3.00. The molecular formula is C16H16N3NaO4S. The third kappa shape index (κ3) is 3.88. The van der Waals surface area contributed by atoms with Crippen LogP contribution in [-0.2, 0) is 16.5 Å². The van der Waals surface area contributed by atoms with Gasteiger partial charge in [0.05, 0.1) is 10.4 Å². The van der Waals surface area contributed by atoms with Crippen molar-refractivity contribution in [2.45, 2.75) is 31.1 Å². The number of phenols is 1. The number of hydrogen-bond acceptors (Lipinski definition) is 6. The van der Waals surface area contributed by atoms with Gasteiger partial charge in [-0.3, -0.25) is 5.10 Å². The summed E-state index contributed by atoms with van der Waals surface area (Å²) < 4.78 is 35.1. The number of hydrogen-bond donors (Lipinski definition) is 2. The van der Waals surface area contributed by atoms with Crippen LogP contribution in [0.3, 0.4) is 0 Å². The second kappa shape index (κ2) is 7.84. The predicted octanol–water partition coefficient (Wildman–Crippen LogP) is -0.419. The minimum atomic E-state index is -4.81. The van der Waals surface area contributed by atoms with Crippen molar-refractivity contribution in [2.75, 3.05) is 0 Å². The van der Waals surface area contributed by atoms with E-state index in [0.29, 0.717) is 40.6 Å². The Kier molecular flexibility index (Phi) is 6.23. The second-order valence-corrected chi connectivity index (χ2v) is 6.83. The van der Waals surface area contributed by atoms with E-state index in [1.807, 2.05) is 6.92 Å². The fraction of sp³-hybridized carbons (Fsp3) is 0.250. The molecule has 0 radical (unpaired) electrons. The molecule has 126 valence electrons. The van der Waals surface area contributed by atoms with Gasteiger partial charge in [-0.1, -0.05) is 36.8 Å². The van der Waals surface area contributed by atoms with Gasteiger partial charge >= 0.3 is 29.6 Å². The predicted molar refractivity (Wildman–Crippen MR) is 87.6 cm³/mol. The van der Waals surface area contributed by atoms with Crippen molar-refractivity contribution in [1.82, 2.24) is 15.4 Å². The number of aromatic hydroxyl groups is 1. The molecule has 0 spiro atoms. The molecule has 0 atom stereocenters. The normalized spacial score (nSPS) is 11.4. The summed E-state index contributed by atoms with van der Waals surface area (Å²) in [5.74, 6) is -0.521. The van der Waals surface area contributed by atoms with Crippen LogP contribution in [0.25, 0.3) is 22.2 Å². The smallest absolute Gasteiger partial charge is 0.744 e. The molecule has 0 saturated carbocycles. The third-order valence-electron chi connectivity index (χ3n) is 3.92. The first-order chi connectivity index (χ1) is 11.4. The molecule has 0 unspecified atom stereocenters. The summed E-state index contributed by atoms with van der Waals surface area (Å²) in [4.78, 5) is -0.547. The molecule has 9 heteroatoms. The Bertz CT molecular complexity index is 1000. The molecule has 0 aliphatic rings. The van der Waals surface area contributed by atoms with Gasteiger partial charge in [-0.15, -0.1) is 5.10 Å². The number of aromatic amines is 1. The van der Waals surface area contributed by atoms with Crippen LogP contribution < -0.4 is 29.6 Å². The number of aromatic nitrogens is 3. The molecule has 3 aromatic rings. The van der Waals surface area contributed by atoms with Gasteiger partial charge in [0, 0.05) is 5.56 Å². The molecular weight excluding hydrogens is 353 g/mol. The molecule has 0 bridgehead atoms. The number of fused-ring (bicyclic) bond motifs is 1. The van der Waals surface area contributed by atoms with Crippen LogP contribution in [0.15, 0.2) is 35.2 Å². The molecule has 25 heavy (non-hydrogen) atoms. The number of phenolic OH excluding ortho intramolecular Hbond substituents is 1. The van der Waals surface area contributed by atoms with Gasteiger partial charge in [0.25, 0.3) is 0 Å². The first kappa shape index (κ1) is 19.9. The van der Waals surface area contributed by atoms with E-state index in [2.05, 4.69) is 15.4 Å². The zero-order chi connectivity index (χ0) is 17.3.